The summed E-state index contributed by atoms with van der Waals surface area (Å²) < 4.78 is 10.7. The molecule has 2 rings (SSSR count). The lowest BCUT2D eigenvalue weighted by Crippen LogP contribution is -2.54. The molecule has 25 heavy (non-hydrogen) atoms. The highest BCUT2D eigenvalue weighted by Gasteiger charge is 2.24. The number of amides is 3. The Kier molecular flexibility index (Phi) is 6.83. The second-order valence-corrected chi connectivity index (χ2v) is 6.58. The number of hydrogen-bond donors (Lipinski definition) is 3. The van der Waals surface area contributed by atoms with Crippen molar-refractivity contribution >= 4 is 11.9 Å². The van der Waals surface area contributed by atoms with Crippen LogP contribution in [0, 0.1) is 19.8 Å². The molecule has 8 nitrogen and oxygen atoms in total. The summed E-state index contributed by atoms with van der Waals surface area (Å²) in [6.07, 6.45) is 0. The number of ether oxygens (including phenoxy) is 1. The number of rotatable bonds is 5. The molecule has 1 aliphatic heterocycles. The number of carbonyl (C=O) groups excluding carboxylic acids is 2. The molecule has 1 aromatic rings. The zero-order chi connectivity index (χ0) is 18.4. The van der Waals surface area contributed by atoms with Crippen molar-refractivity contribution in [2.45, 2.75) is 33.7 Å². The molecule has 1 atom stereocenters. The number of morpholine rings is 1. The highest BCUT2D eigenvalue weighted by atomic mass is 16.5. The van der Waals surface area contributed by atoms with Crippen molar-refractivity contribution in [2.75, 3.05) is 32.8 Å². The number of urea groups is 1. The Labute approximate surface area is 148 Å². The minimum atomic E-state index is -0.440. The Hall–Kier alpha value is -2.06. The zero-order valence-corrected chi connectivity index (χ0v) is 15.3. The number of carbonyl (C=O) groups is 2. The van der Waals surface area contributed by atoms with Gasteiger partial charge in [0.15, 0.2) is 0 Å². The summed E-state index contributed by atoms with van der Waals surface area (Å²) >= 11 is 0. The van der Waals surface area contributed by atoms with Gasteiger partial charge in [0, 0.05) is 25.7 Å². The first-order valence-corrected chi connectivity index (χ1v) is 8.61. The van der Waals surface area contributed by atoms with Crippen LogP contribution in [0.4, 0.5) is 4.79 Å². The smallest absolute Gasteiger partial charge is 0.333 e. The van der Waals surface area contributed by atoms with Gasteiger partial charge in [-0.2, -0.15) is 0 Å². The Morgan fingerprint density at radius 1 is 1.20 bits per heavy atom. The van der Waals surface area contributed by atoms with Gasteiger partial charge in [0.2, 0.25) is 0 Å². The maximum Gasteiger partial charge on any atom is 0.333 e. The van der Waals surface area contributed by atoms with E-state index in [1.54, 1.807) is 19.9 Å². The van der Waals surface area contributed by atoms with Crippen LogP contribution in [-0.4, -0.2) is 55.7 Å². The van der Waals surface area contributed by atoms with E-state index in [-0.39, 0.29) is 6.04 Å². The maximum atomic E-state index is 12.0. The fraction of sp³-hybridized carbons (Fsp3) is 0.647. The molecule has 0 bridgehead atoms. The van der Waals surface area contributed by atoms with Gasteiger partial charge >= 0.3 is 6.03 Å². The van der Waals surface area contributed by atoms with Gasteiger partial charge in [0.1, 0.15) is 11.5 Å². The normalized spacial score (nSPS) is 16.5. The molecule has 0 radical (unpaired) electrons. The molecule has 1 saturated heterocycles. The fourth-order valence-electron chi connectivity index (χ4n) is 2.97. The van der Waals surface area contributed by atoms with Gasteiger partial charge < -0.3 is 14.5 Å². The highest BCUT2D eigenvalue weighted by molar-refractivity contribution is 5.96. The second-order valence-electron chi connectivity index (χ2n) is 6.58. The summed E-state index contributed by atoms with van der Waals surface area (Å²) in [5, 5.41) is 2.82. The van der Waals surface area contributed by atoms with E-state index < -0.39 is 11.9 Å². The largest absolute Gasteiger partial charge is 0.466 e. The Balaban J connectivity index is 1.78. The van der Waals surface area contributed by atoms with Gasteiger partial charge in [-0.25, -0.2) is 10.2 Å². The molecule has 8 heteroatoms. The lowest BCUT2D eigenvalue weighted by atomic mass is 10.0. The molecule has 3 N–H and O–H groups in total. The topological polar surface area (TPSA) is 95.8 Å². The van der Waals surface area contributed by atoms with Crippen molar-refractivity contribution in [3.05, 3.63) is 23.2 Å². The van der Waals surface area contributed by atoms with E-state index in [1.807, 2.05) is 0 Å². The first-order valence-electron chi connectivity index (χ1n) is 8.61. The van der Waals surface area contributed by atoms with E-state index >= 15 is 0 Å². The molecular formula is C17H28N4O4. The van der Waals surface area contributed by atoms with E-state index in [0.717, 1.165) is 26.3 Å². The fourth-order valence-corrected chi connectivity index (χ4v) is 2.97. The van der Waals surface area contributed by atoms with Crippen molar-refractivity contribution in [1.29, 1.82) is 0 Å². The molecule has 1 unspecified atom stereocenters. The first kappa shape index (κ1) is 19.3. The van der Waals surface area contributed by atoms with Crippen LogP contribution in [0.3, 0.4) is 0 Å². The molecule has 0 aliphatic carbocycles. The van der Waals surface area contributed by atoms with Gasteiger partial charge in [-0.1, -0.05) is 13.8 Å². The molecule has 1 aromatic heterocycles. The average Bonchev–Trinajstić information content (AvgIpc) is 2.92. The van der Waals surface area contributed by atoms with Gasteiger partial charge in [-0.15, -0.1) is 0 Å². The zero-order valence-electron chi connectivity index (χ0n) is 15.3. The predicted octanol–water partition coefficient (Wildman–Crippen LogP) is 1.20. The molecule has 1 aliphatic rings. The molecule has 0 spiro atoms. The third kappa shape index (κ3) is 5.47. The summed E-state index contributed by atoms with van der Waals surface area (Å²) in [5.41, 5.74) is 5.18. The van der Waals surface area contributed by atoms with E-state index in [1.165, 1.54) is 0 Å². The molecule has 140 valence electrons. The van der Waals surface area contributed by atoms with Crippen LogP contribution in [-0.2, 0) is 4.74 Å². The molecule has 0 saturated carbocycles. The Morgan fingerprint density at radius 2 is 1.88 bits per heavy atom. The van der Waals surface area contributed by atoms with Gasteiger partial charge in [0.25, 0.3) is 5.91 Å². The number of hydrazine groups is 1. The van der Waals surface area contributed by atoms with E-state index in [4.69, 9.17) is 9.15 Å². The lowest BCUT2D eigenvalue weighted by molar-refractivity contribution is 0.00717. The van der Waals surface area contributed by atoms with Crippen LogP contribution in [0.15, 0.2) is 10.5 Å². The lowest BCUT2D eigenvalue weighted by Gasteiger charge is -2.36. The molecule has 3 amide bonds. The van der Waals surface area contributed by atoms with Gasteiger partial charge in [-0.05, 0) is 25.8 Å². The van der Waals surface area contributed by atoms with Crippen LogP contribution in [0.1, 0.15) is 35.7 Å². The van der Waals surface area contributed by atoms with Crippen LogP contribution in [0.2, 0.25) is 0 Å². The van der Waals surface area contributed by atoms with Gasteiger partial charge in [0.05, 0.1) is 18.8 Å². The summed E-state index contributed by atoms with van der Waals surface area (Å²) in [6.45, 7) is 11.4. The molecule has 1 fully saturated rings. The monoisotopic (exact) mass is 352 g/mol. The van der Waals surface area contributed by atoms with Crippen molar-refractivity contribution in [1.82, 2.24) is 21.1 Å². The van der Waals surface area contributed by atoms with Crippen molar-refractivity contribution in [3.8, 4) is 0 Å². The number of nitrogens with one attached hydrogen (secondary N) is 3. The minimum Gasteiger partial charge on any atom is -0.466 e. The SMILES string of the molecule is Cc1cc(C(=O)NNC(=O)NCC(C(C)C)N2CCOCC2)c(C)o1. The summed E-state index contributed by atoms with van der Waals surface area (Å²) in [4.78, 5) is 26.3. The first-order chi connectivity index (χ1) is 11.9. The van der Waals surface area contributed by atoms with Crippen LogP contribution >= 0.6 is 0 Å². The van der Waals surface area contributed by atoms with Crippen LogP contribution in [0.25, 0.3) is 0 Å². The third-order valence-corrected chi connectivity index (χ3v) is 4.33. The summed E-state index contributed by atoms with van der Waals surface area (Å²) in [5.74, 6) is 1.16. The quantitative estimate of drug-likeness (QED) is 0.692. The number of furan rings is 1. The number of hydrogen-bond acceptors (Lipinski definition) is 5. The number of nitrogens with zero attached hydrogens (tertiary/aromatic N) is 1. The van der Waals surface area contributed by atoms with Crippen molar-refractivity contribution in [3.63, 3.8) is 0 Å². The van der Waals surface area contributed by atoms with Crippen LogP contribution in [0.5, 0.6) is 0 Å². The Bertz CT molecular complexity index is 593. The standard InChI is InChI=1S/C17H28N4O4/c1-11(2)15(21-5-7-24-8-6-21)10-18-17(23)20-19-16(22)14-9-12(3)25-13(14)4/h9,11,15H,5-8,10H2,1-4H3,(H,19,22)(H2,18,20,23). The average molecular weight is 352 g/mol. The molecular weight excluding hydrogens is 324 g/mol. The third-order valence-electron chi connectivity index (χ3n) is 4.33. The highest BCUT2D eigenvalue weighted by Crippen LogP contribution is 2.13. The van der Waals surface area contributed by atoms with Crippen LogP contribution < -0.4 is 16.2 Å². The van der Waals surface area contributed by atoms with E-state index in [2.05, 4.69) is 34.9 Å². The van der Waals surface area contributed by atoms with Crippen molar-refractivity contribution in [2.24, 2.45) is 5.92 Å². The van der Waals surface area contributed by atoms with Gasteiger partial charge in [-0.3, -0.25) is 15.1 Å². The predicted molar refractivity (Wildman–Crippen MR) is 93.2 cm³/mol. The van der Waals surface area contributed by atoms with Crippen molar-refractivity contribution < 1.29 is 18.7 Å². The van der Waals surface area contributed by atoms with E-state index in [9.17, 15) is 9.59 Å². The summed E-state index contributed by atoms with van der Waals surface area (Å²) in [7, 11) is 0. The maximum absolute atomic E-state index is 12.0. The second kappa shape index (κ2) is 8.87. The Morgan fingerprint density at radius 3 is 2.44 bits per heavy atom. The van der Waals surface area contributed by atoms with E-state index in [0.29, 0.717) is 29.5 Å². The minimum absolute atomic E-state index is 0.226. The molecule has 0 aromatic carbocycles. The number of aryl methyl sites for hydroxylation is 2. The summed E-state index contributed by atoms with van der Waals surface area (Å²) in [6, 6.07) is 1.42. The molecule has 2 heterocycles.